The van der Waals surface area contributed by atoms with Gasteiger partial charge >= 0.3 is 0 Å². The Balaban J connectivity index is 2.11. The first-order valence-electron chi connectivity index (χ1n) is 5.77. The van der Waals surface area contributed by atoms with Crippen molar-refractivity contribution in [2.45, 2.75) is 6.92 Å². The van der Waals surface area contributed by atoms with Crippen LogP contribution in [0.3, 0.4) is 0 Å². The fourth-order valence-electron chi connectivity index (χ4n) is 1.90. The number of pyridine rings is 2. The highest BCUT2D eigenvalue weighted by Crippen LogP contribution is 2.28. The van der Waals surface area contributed by atoms with Crippen LogP contribution in [0.5, 0.6) is 11.6 Å². The summed E-state index contributed by atoms with van der Waals surface area (Å²) in [7, 11) is 0. The lowest BCUT2D eigenvalue weighted by Gasteiger charge is -2.08. The zero-order valence-corrected chi connectivity index (χ0v) is 10.00. The molecule has 0 radical (unpaired) electrons. The molecule has 0 aliphatic rings. The number of aryl methyl sites for hydroxylation is 1. The number of rotatable bonds is 2. The highest BCUT2D eigenvalue weighted by molar-refractivity contribution is 5.85. The monoisotopic (exact) mass is 236 g/mol. The minimum Gasteiger partial charge on any atom is -0.437 e. The first-order valence-corrected chi connectivity index (χ1v) is 5.77. The van der Waals surface area contributed by atoms with Gasteiger partial charge in [-0.1, -0.05) is 12.1 Å². The van der Waals surface area contributed by atoms with E-state index in [1.165, 1.54) is 0 Å². The van der Waals surface area contributed by atoms with E-state index in [0.29, 0.717) is 5.88 Å². The van der Waals surface area contributed by atoms with Crippen molar-refractivity contribution in [3.8, 4) is 11.6 Å². The molecule has 0 saturated carbocycles. The van der Waals surface area contributed by atoms with Crippen LogP contribution in [0.4, 0.5) is 0 Å². The van der Waals surface area contributed by atoms with Crippen LogP contribution in [-0.4, -0.2) is 9.97 Å². The Morgan fingerprint density at radius 3 is 2.67 bits per heavy atom. The number of ether oxygens (including phenoxy) is 1. The summed E-state index contributed by atoms with van der Waals surface area (Å²) >= 11 is 0. The number of hydrogen-bond acceptors (Lipinski definition) is 3. The maximum absolute atomic E-state index is 5.80. The second-order valence-electron chi connectivity index (χ2n) is 4.11. The first-order chi connectivity index (χ1) is 8.83. The molecule has 0 amide bonds. The zero-order chi connectivity index (χ0) is 12.4. The molecule has 0 aliphatic heterocycles. The van der Waals surface area contributed by atoms with Crippen LogP contribution < -0.4 is 4.74 Å². The summed E-state index contributed by atoms with van der Waals surface area (Å²) in [5.41, 5.74) is 2.00. The van der Waals surface area contributed by atoms with Crippen molar-refractivity contribution in [2.24, 2.45) is 0 Å². The molecule has 0 N–H and O–H groups in total. The predicted octanol–water partition coefficient (Wildman–Crippen LogP) is 3.73. The summed E-state index contributed by atoms with van der Waals surface area (Å²) in [5.74, 6) is 1.32. The fraction of sp³-hybridized carbons (Fsp3) is 0.0667. The van der Waals surface area contributed by atoms with E-state index in [4.69, 9.17) is 4.74 Å². The van der Waals surface area contributed by atoms with Gasteiger partial charge in [-0.2, -0.15) is 0 Å². The zero-order valence-electron chi connectivity index (χ0n) is 10.00. The lowest BCUT2D eigenvalue weighted by atomic mass is 10.1. The summed E-state index contributed by atoms with van der Waals surface area (Å²) in [6, 6.07) is 13.6. The van der Waals surface area contributed by atoms with Crippen molar-refractivity contribution in [3.05, 3.63) is 60.4 Å². The average molecular weight is 236 g/mol. The van der Waals surface area contributed by atoms with Gasteiger partial charge in [-0.15, -0.1) is 0 Å². The number of benzene rings is 1. The second-order valence-corrected chi connectivity index (χ2v) is 4.11. The SMILES string of the molecule is Cc1cc(Oc2ccccn2)c2ncccc2c1. The molecule has 0 spiro atoms. The topological polar surface area (TPSA) is 35.0 Å². The predicted molar refractivity (Wildman–Crippen MR) is 70.8 cm³/mol. The van der Waals surface area contributed by atoms with Crippen LogP contribution in [-0.2, 0) is 0 Å². The second kappa shape index (κ2) is 4.45. The van der Waals surface area contributed by atoms with Crippen LogP contribution in [0.25, 0.3) is 10.9 Å². The van der Waals surface area contributed by atoms with E-state index in [1.807, 2.05) is 43.3 Å². The molecule has 3 heteroatoms. The number of aromatic nitrogens is 2. The van der Waals surface area contributed by atoms with Crippen LogP contribution >= 0.6 is 0 Å². The van der Waals surface area contributed by atoms with Crippen molar-refractivity contribution in [2.75, 3.05) is 0 Å². The lowest BCUT2D eigenvalue weighted by molar-refractivity contribution is 0.467. The third kappa shape index (κ3) is 2.02. The summed E-state index contributed by atoms with van der Waals surface area (Å²) < 4.78 is 5.80. The summed E-state index contributed by atoms with van der Waals surface area (Å²) in [4.78, 5) is 8.53. The van der Waals surface area contributed by atoms with Gasteiger partial charge in [0.2, 0.25) is 5.88 Å². The van der Waals surface area contributed by atoms with E-state index >= 15 is 0 Å². The molecule has 3 rings (SSSR count). The highest BCUT2D eigenvalue weighted by Gasteiger charge is 2.06. The van der Waals surface area contributed by atoms with E-state index in [2.05, 4.69) is 16.0 Å². The molecule has 3 nitrogen and oxygen atoms in total. The van der Waals surface area contributed by atoms with Crippen molar-refractivity contribution in [1.82, 2.24) is 9.97 Å². The summed E-state index contributed by atoms with van der Waals surface area (Å²) in [6.07, 6.45) is 3.48. The standard InChI is InChI=1S/C15H12N2O/c1-11-9-12-5-4-8-17-15(12)13(10-11)18-14-6-2-3-7-16-14/h2-10H,1H3. The maximum Gasteiger partial charge on any atom is 0.219 e. The van der Waals surface area contributed by atoms with Gasteiger partial charge < -0.3 is 4.74 Å². The number of fused-ring (bicyclic) bond motifs is 1. The molecule has 2 heterocycles. The Kier molecular flexibility index (Phi) is 2.65. The summed E-state index contributed by atoms with van der Waals surface area (Å²) in [5, 5.41) is 1.07. The van der Waals surface area contributed by atoms with E-state index < -0.39 is 0 Å². The van der Waals surface area contributed by atoms with Crippen LogP contribution in [0.15, 0.2) is 54.9 Å². The molecule has 18 heavy (non-hydrogen) atoms. The van der Waals surface area contributed by atoms with Gasteiger partial charge in [-0.25, -0.2) is 4.98 Å². The fourth-order valence-corrected chi connectivity index (χ4v) is 1.90. The maximum atomic E-state index is 5.80. The van der Waals surface area contributed by atoms with Crippen molar-refractivity contribution in [3.63, 3.8) is 0 Å². The number of nitrogens with zero attached hydrogens (tertiary/aromatic N) is 2. The third-order valence-electron chi connectivity index (χ3n) is 2.67. The van der Waals surface area contributed by atoms with Crippen molar-refractivity contribution >= 4 is 10.9 Å². The third-order valence-corrected chi connectivity index (χ3v) is 2.67. The van der Waals surface area contributed by atoms with Gasteiger partial charge in [-0.3, -0.25) is 4.98 Å². The van der Waals surface area contributed by atoms with Gasteiger partial charge in [-0.05, 0) is 36.8 Å². The summed E-state index contributed by atoms with van der Waals surface area (Å²) in [6.45, 7) is 2.04. The van der Waals surface area contributed by atoms with E-state index in [0.717, 1.165) is 22.2 Å². The van der Waals surface area contributed by atoms with Crippen molar-refractivity contribution in [1.29, 1.82) is 0 Å². The van der Waals surface area contributed by atoms with Gasteiger partial charge in [0.25, 0.3) is 0 Å². The Labute approximate surface area is 105 Å². The smallest absolute Gasteiger partial charge is 0.219 e. The van der Waals surface area contributed by atoms with Crippen LogP contribution in [0.2, 0.25) is 0 Å². The van der Waals surface area contributed by atoms with Crippen LogP contribution in [0, 0.1) is 6.92 Å². The minimum atomic E-state index is 0.579. The highest BCUT2D eigenvalue weighted by atomic mass is 16.5. The number of hydrogen-bond donors (Lipinski definition) is 0. The van der Waals surface area contributed by atoms with E-state index in [-0.39, 0.29) is 0 Å². The Hall–Kier alpha value is -2.42. The van der Waals surface area contributed by atoms with E-state index in [9.17, 15) is 0 Å². The molecule has 0 saturated heterocycles. The van der Waals surface area contributed by atoms with Gasteiger partial charge in [0.1, 0.15) is 5.52 Å². The Bertz CT molecular complexity index is 680. The molecule has 88 valence electrons. The molecule has 1 aromatic carbocycles. The van der Waals surface area contributed by atoms with Crippen LogP contribution in [0.1, 0.15) is 5.56 Å². The molecule has 2 aromatic heterocycles. The van der Waals surface area contributed by atoms with Gasteiger partial charge in [0.15, 0.2) is 5.75 Å². The molecule has 0 bridgehead atoms. The molecule has 0 unspecified atom stereocenters. The lowest BCUT2D eigenvalue weighted by Crippen LogP contribution is -1.90. The molecule has 0 aliphatic carbocycles. The molecule has 0 fully saturated rings. The van der Waals surface area contributed by atoms with Crippen molar-refractivity contribution < 1.29 is 4.74 Å². The quantitative estimate of drug-likeness (QED) is 0.680. The molecule has 3 aromatic rings. The first kappa shape index (κ1) is 10.7. The Morgan fingerprint density at radius 2 is 1.83 bits per heavy atom. The minimum absolute atomic E-state index is 0.579. The van der Waals surface area contributed by atoms with Gasteiger partial charge in [0.05, 0.1) is 0 Å². The molecular formula is C15H12N2O. The van der Waals surface area contributed by atoms with E-state index in [1.54, 1.807) is 12.4 Å². The Morgan fingerprint density at radius 1 is 0.944 bits per heavy atom. The average Bonchev–Trinajstić information content (AvgIpc) is 2.40. The largest absolute Gasteiger partial charge is 0.437 e. The molecule has 0 atom stereocenters. The van der Waals surface area contributed by atoms with Gasteiger partial charge in [0, 0.05) is 23.8 Å². The molecular weight excluding hydrogens is 224 g/mol. The normalized spacial score (nSPS) is 10.5.